The van der Waals surface area contributed by atoms with Crippen LogP contribution < -0.4 is 0 Å². The van der Waals surface area contributed by atoms with Crippen LogP contribution in [-0.2, 0) is 0 Å². The summed E-state index contributed by atoms with van der Waals surface area (Å²) in [5.41, 5.74) is 0.884. The maximum atomic E-state index is 6.91. The van der Waals surface area contributed by atoms with Crippen molar-refractivity contribution in [1.82, 2.24) is 0 Å². The molecule has 0 aromatic rings. The van der Waals surface area contributed by atoms with Gasteiger partial charge in [0.25, 0.3) is 5.76 Å². The van der Waals surface area contributed by atoms with Crippen molar-refractivity contribution in [3.05, 3.63) is 11.3 Å². The molecule has 0 amide bonds. The third-order valence-corrected chi connectivity index (χ3v) is 0.683. The average molecular weight is 100 g/mol. The predicted octanol–water partition coefficient (Wildman–Crippen LogP) is 0.654. The highest BCUT2D eigenvalue weighted by Crippen LogP contribution is 1.92. The van der Waals surface area contributed by atoms with Crippen LogP contribution in [0, 0.1) is 5.41 Å². The molecule has 3 N–H and O–H groups in total. The lowest BCUT2D eigenvalue weighted by Gasteiger charge is -1.83. The number of hydrogen-bond acceptors (Lipinski definition) is 1. The van der Waals surface area contributed by atoms with Crippen LogP contribution in [0.3, 0.4) is 0 Å². The normalized spacial score (nSPS) is 7.71. The molecule has 0 unspecified atom stereocenters. The lowest BCUT2D eigenvalue weighted by molar-refractivity contribution is 0.439. The zero-order chi connectivity index (χ0) is 5.86. The second-order valence-electron chi connectivity index (χ2n) is 1.56. The Morgan fingerprint density at radius 1 is 1.57 bits per heavy atom. The smallest absolute Gasteiger partial charge is 0.270 e. The van der Waals surface area contributed by atoms with Gasteiger partial charge in [-0.15, -0.1) is 0 Å². The van der Waals surface area contributed by atoms with Crippen LogP contribution in [0.25, 0.3) is 0 Å². The van der Waals surface area contributed by atoms with Gasteiger partial charge in [0.05, 0.1) is 0 Å². The summed E-state index contributed by atoms with van der Waals surface area (Å²) in [6.45, 7) is 3.63. The maximum Gasteiger partial charge on any atom is 0.270 e. The largest absolute Gasteiger partial charge is 0.592 e. The summed E-state index contributed by atoms with van der Waals surface area (Å²) in [6.07, 6.45) is 1.04. The Kier molecular flexibility index (Phi) is 2.12. The van der Waals surface area contributed by atoms with Gasteiger partial charge in [0, 0.05) is 5.57 Å². The molecule has 0 bridgehead atoms. The van der Waals surface area contributed by atoms with E-state index in [4.69, 9.17) is 10.5 Å². The van der Waals surface area contributed by atoms with E-state index >= 15 is 0 Å². The molecule has 2 nitrogen and oxygen atoms in total. The van der Waals surface area contributed by atoms with Gasteiger partial charge in [-0.1, -0.05) is 0 Å². The van der Waals surface area contributed by atoms with Gasteiger partial charge in [-0.3, -0.25) is 5.41 Å². The van der Waals surface area contributed by atoms with E-state index in [0.717, 1.165) is 11.8 Å². The average Bonchev–Trinajstić information content (AvgIpc) is 1.65. The molecule has 0 aliphatic carbocycles. The number of nitrogens with one attached hydrogen (secondary N) is 1. The monoisotopic (exact) mass is 100 g/mol. The summed E-state index contributed by atoms with van der Waals surface area (Å²) < 4.78 is 0. The fourth-order valence-corrected chi connectivity index (χ4v) is 0.144. The molecular formula is C5H10NO+. The van der Waals surface area contributed by atoms with E-state index in [2.05, 4.69) is 0 Å². The van der Waals surface area contributed by atoms with Crippen molar-refractivity contribution in [2.24, 2.45) is 0 Å². The number of rotatable bonds is 1. The molecule has 0 saturated heterocycles. The lowest BCUT2D eigenvalue weighted by atomic mass is 10.3. The summed E-state index contributed by atoms with van der Waals surface area (Å²) >= 11 is 0. The van der Waals surface area contributed by atoms with E-state index in [1.54, 1.807) is 0 Å². The number of allylic oxidation sites excluding steroid dienone is 2. The van der Waals surface area contributed by atoms with E-state index in [0.29, 0.717) is 5.76 Å². The molecule has 0 saturated carbocycles. The predicted molar refractivity (Wildman–Crippen MR) is 30.8 cm³/mol. The molecule has 7 heavy (non-hydrogen) atoms. The molecule has 0 aliphatic rings. The van der Waals surface area contributed by atoms with E-state index < -0.39 is 0 Å². The Morgan fingerprint density at radius 2 is 2.00 bits per heavy atom. The van der Waals surface area contributed by atoms with Crippen LogP contribution in [0.1, 0.15) is 13.8 Å². The van der Waals surface area contributed by atoms with Gasteiger partial charge in [0.15, 0.2) is 0 Å². The molecular weight excluding hydrogens is 90.1 g/mol. The van der Waals surface area contributed by atoms with Crippen molar-refractivity contribution in [3.63, 3.8) is 0 Å². The van der Waals surface area contributed by atoms with E-state index in [1.807, 2.05) is 13.8 Å². The van der Waals surface area contributed by atoms with E-state index in [-0.39, 0.29) is 0 Å². The first kappa shape index (κ1) is 6.21. The molecule has 0 spiro atoms. The number of hydrogen-bond donors (Lipinski definition) is 1. The zero-order valence-electron chi connectivity index (χ0n) is 4.58. The highest BCUT2D eigenvalue weighted by atomic mass is 16.3. The standard InChI is InChI=1S/C5H9NO/c1-4(2)5(7)3-6/h3,6-7H,1-2H3/p+1. The molecule has 0 radical (unpaired) electrons. The van der Waals surface area contributed by atoms with Crippen molar-refractivity contribution in [2.45, 2.75) is 13.8 Å². The highest BCUT2D eigenvalue weighted by molar-refractivity contribution is 5.73. The minimum Gasteiger partial charge on any atom is -0.592 e. The minimum absolute atomic E-state index is 0.306. The molecule has 0 atom stereocenters. The summed E-state index contributed by atoms with van der Waals surface area (Å²) in [4.78, 5) is 0. The Morgan fingerprint density at radius 3 is 2.00 bits per heavy atom. The fourth-order valence-electron chi connectivity index (χ4n) is 0.144. The van der Waals surface area contributed by atoms with Crippen molar-refractivity contribution >= 4 is 6.21 Å². The molecule has 0 aromatic carbocycles. The Bertz CT molecular complexity index is 101. The molecule has 0 fully saturated rings. The summed E-state index contributed by atoms with van der Waals surface area (Å²) in [5.74, 6) is 0.306. The van der Waals surface area contributed by atoms with Crippen LogP contribution in [0.5, 0.6) is 0 Å². The molecule has 2 heteroatoms. The third-order valence-electron chi connectivity index (χ3n) is 0.683. The van der Waals surface area contributed by atoms with Gasteiger partial charge in [-0.2, -0.15) is 0 Å². The SMILES string of the molecule is CC(C)=C([OH2+])C=N. The fraction of sp³-hybridized carbons (Fsp3) is 0.400. The van der Waals surface area contributed by atoms with Crippen molar-refractivity contribution < 1.29 is 5.11 Å². The topological polar surface area (TPSA) is 46.8 Å². The lowest BCUT2D eigenvalue weighted by Crippen LogP contribution is -1.81. The van der Waals surface area contributed by atoms with E-state index in [9.17, 15) is 0 Å². The van der Waals surface area contributed by atoms with Crippen molar-refractivity contribution in [3.8, 4) is 0 Å². The second-order valence-corrected chi connectivity index (χ2v) is 1.56. The Balaban J connectivity index is 3.98. The maximum absolute atomic E-state index is 6.91. The minimum atomic E-state index is 0.306. The molecule has 0 aromatic heterocycles. The first-order valence-electron chi connectivity index (χ1n) is 2.08. The molecule has 0 aliphatic heterocycles. The van der Waals surface area contributed by atoms with Gasteiger partial charge in [0.1, 0.15) is 6.21 Å². The van der Waals surface area contributed by atoms with Crippen LogP contribution in [-0.4, -0.2) is 11.3 Å². The van der Waals surface area contributed by atoms with Crippen LogP contribution in [0.15, 0.2) is 11.3 Å². The van der Waals surface area contributed by atoms with Gasteiger partial charge in [-0.25, -0.2) is 0 Å². The third kappa shape index (κ3) is 1.98. The molecule has 0 heterocycles. The summed E-state index contributed by atoms with van der Waals surface area (Å²) in [5, 5.41) is 13.5. The zero-order valence-corrected chi connectivity index (χ0v) is 4.58. The Labute approximate surface area is 43.0 Å². The summed E-state index contributed by atoms with van der Waals surface area (Å²) in [7, 11) is 0. The Hall–Kier alpha value is -0.790. The molecule has 0 rings (SSSR count). The van der Waals surface area contributed by atoms with Gasteiger partial charge in [-0.05, 0) is 13.8 Å². The van der Waals surface area contributed by atoms with Crippen LogP contribution in [0.4, 0.5) is 0 Å². The van der Waals surface area contributed by atoms with Gasteiger partial charge >= 0.3 is 0 Å². The van der Waals surface area contributed by atoms with Gasteiger partial charge < -0.3 is 5.11 Å². The van der Waals surface area contributed by atoms with Gasteiger partial charge in [0.2, 0.25) is 0 Å². The highest BCUT2D eigenvalue weighted by Gasteiger charge is 1.90. The summed E-state index contributed by atoms with van der Waals surface area (Å²) in [6, 6.07) is 0. The molecule has 40 valence electrons. The second kappa shape index (κ2) is 2.39. The van der Waals surface area contributed by atoms with Crippen LogP contribution >= 0.6 is 0 Å². The van der Waals surface area contributed by atoms with Crippen molar-refractivity contribution in [1.29, 1.82) is 5.41 Å². The first-order valence-corrected chi connectivity index (χ1v) is 2.08. The quantitative estimate of drug-likeness (QED) is 0.286. The van der Waals surface area contributed by atoms with Crippen molar-refractivity contribution in [2.75, 3.05) is 0 Å². The van der Waals surface area contributed by atoms with Crippen LogP contribution in [0.2, 0.25) is 0 Å². The first-order chi connectivity index (χ1) is 3.18. The van der Waals surface area contributed by atoms with E-state index in [1.165, 1.54) is 0 Å².